The highest BCUT2D eigenvalue weighted by atomic mass is 79.9. The zero-order valence-corrected chi connectivity index (χ0v) is 15.1. The molecule has 1 aromatic carbocycles. The molecule has 0 spiro atoms. The maximum Gasteiger partial charge on any atom is 0.248 e. The van der Waals surface area contributed by atoms with E-state index in [0.717, 1.165) is 18.4 Å². The van der Waals surface area contributed by atoms with Gasteiger partial charge in [-0.1, -0.05) is 41.2 Å². The number of hydrogen-bond acceptors (Lipinski definition) is 0. The van der Waals surface area contributed by atoms with Crippen molar-refractivity contribution in [1.82, 2.24) is 9.13 Å². The van der Waals surface area contributed by atoms with Crippen LogP contribution in [0.25, 0.3) is 12.4 Å². The van der Waals surface area contributed by atoms with E-state index < -0.39 is 0 Å². The first-order valence-electron chi connectivity index (χ1n) is 7.76. The summed E-state index contributed by atoms with van der Waals surface area (Å²) in [4.78, 5) is 0. The first kappa shape index (κ1) is 16.5. The van der Waals surface area contributed by atoms with Crippen molar-refractivity contribution in [2.75, 3.05) is 0 Å². The summed E-state index contributed by atoms with van der Waals surface area (Å²) in [5.41, 5.74) is 3.87. The third-order valence-corrected chi connectivity index (χ3v) is 4.49. The van der Waals surface area contributed by atoms with Gasteiger partial charge in [-0.05, 0) is 22.8 Å². The van der Waals surface area contributed by atoms with E-state index in [1.807, 2.05) is 34.2 Å². The summed E-state index contributed by atoms with van der Waals surface area (Å²) in [6, 6.07) is 6.76. The summed E-state index contributed by atoms with van der Waals surface area (Å²) in [5, 5.41) is 0.852. The monoisotopic (exact) mass is 384 g/mol. The van der Waals surface area contributed by atoms with E-state index in [9.17, 15) is 0 Å². The number of halogens is 1. The van der Waals surface area contributed by atoms with Gasteiger partial charge in [0.1, 0.15) is 37.9 Å². The van der Waals surface area contributed by atoms with Crippen molar-refractivity contribution < 1.29 is 9.13 Å². The first-order valence-corrected chi connectivity index (χ1v) is 8.88. The van der Waals surface area contributed by atoms with Crippen LogP contribution < -0.4 is 9.13 Å². The smallest absolute Gasteiger partial charge is 0.232 e. The minimum Gasteiger partial charge on any atom is -0.232 e. The maximum atomic E-state index is 3.78. The molecule has 0 unspecified atom stereocenters. The molecule has 0 fully saturated rings. The van der Waals surface area contributed by atoms with Crippen molar-refractivity contribution in [1.29, 1.82) is 0 Å². The number of aromatic nitrogens is 4. The second kappa shape index (κ2) is 7.45. The second-order valence-electron chi connectivity index (χ2n) is 5.72. The van der Waals surface area contributed by atoms with Gasteiger partial charge in [0.05, 0.1) is 12.4 Å². The zero-order chi connectivity index (χ0) is 16.9. The molecule has 0 aliphatic carbocycles. The average molecular weight is 385 g/mol. The molecule has 0 saturated carbocycles. The van der Waals surface area contributed by atoms with E-state index in [-0.39, 0.29) is 0 Å². The molecule has 0 atom stereocenters. The van der Waals surface area contributed by atoms with Crippen LogP contribution >= 0.6 is 15.9 Å². The van der Waals surface area contributed by atoms with Gasteiger partial charge in [-0.3, -0.25) is 0 Å². The van der Waals surface area contributed by atoms with E-state index in [0.29, 0.717) is 0 Å². The molecule has 2 heterocycles. The van der Waals surface area contributed by atoms with E-state index >= 15 is 0 Å². The van der Waals surface area contributed by atoms with Crippen molar-refractivity contribution in [3.63, 3.8) is 0 Å². The Morgan fingerprint density at radius 1 is 0.833 bits per heavy atom. The number of alkyl halides is 1. The Balaban J connectivity index is 1.83. The molecule has 0 aliphatic heterocycles. The van der Waals surface area contributed by atoms with Crippen molar-refractivity contribution >= 4 is 28.3 Å². The van der Waals surface area contributed by atoms with Gasteiger partial charge < -0.3 is 0 Å². The fraction of sp³-hybridized carbons (Fsp3) is 0.158. The molecule has 0 N–H and O–H groups in total. The minimum atomic E-state index is 0.840. The molecule has 24 heavy (non-hydrogen) atoms. The molecular formula is C19H21BrN4+2. The van der Waals surface area contributed by atoms with Crippen molar-refractivity contribution in [3.8, 4) is 0 Å². The van der Waals surface area contributed by atoms with Gasteiger partial charge in [0.15, 0.2) is 0 Å². The van der Waals surface area contributed by atoms with Crippen LogP contribution in [0.4, 0.5) is 0 Å². The lowest BCUT2D eigenvalue weighted by molar-refractivity contribution is -0.688. The lowest BCUT2D eigenvalue weighted by atomic mass is 10.1. The summed E-state index contributed by atoms with van der Waals surface area (Å²) >= 11 is 3.58. The topological polar surface area (TPSA) is 17.6 Å². The molecule has 3 rings (SSSR count). The highest BCUT2D eigenvalue weighted by Gasteiger charge is 2.08. The van der Waals surface area contributed by atoms with Crippen molar-refractivity contribution in [2.24, 2.45) is 0 Å². The van der Waals surface area contributed by atoms with Crippen LogP contribution in [0, 0.1) is 0 Å². The summed E-state index contributed by atoms with van der Waals surface area (Å²) in [7, 11) is 0. The van der Waals surface area contributed by atoms with Gasteiger partial charge in [-0.15, -0.1) is 0 Å². The van der Waals surface area contributed by atoms with Crippen molar-refractivity contribution in [3.05, 3.63) is 85.5 Å². The molecular weight excluding hydrogens is 364 g/mol. The molecule has 2 aromatic heterocycles. The summed E-state index contributed by atoms with van der Waals surface area (Å²) in [6.07, 6.45) is 15.8. The predicted molar refractivity (Wildman–Crippen MR) is 99.3 cm³/mol. The van der Waals surface area contributed by atoms with Crippen LogP contribution in [0.1, 0.15) is 16.7 Å². The molecule has 0 saturated heterocycles. The van der Waals surface area contributed by atoms with Gasteiger partial charge in [-0.25, -0.2) is 18.3 Å². The van der Waals surface area contributed by atoms with Crippen LogP contribution in [-0.4, -0.2) is 9.13 Å². The lowest BCUT2D eigenvalue weighted by Gasteiger charge is -2.06. The van der Waals surface area contributed by atoms with E-state index in [2.05, 4.69) is 68.8 Å². The Morgan fingerprint density at radius 3 is 1.67 bits per heavy atom. The Hall–Kier alpha value is -2.40. The number of rotatable bonds is 7. The lowest BCUT2D eigenvalue weighted by Crippen LogP contribution is -2.33. The predicted octanol–water partition coefficient (Wildman–Crippen LogP) is 3.06. The second-order valence-corrected chi connectivity index (χ2v) is 6.28. The fourth-order valence-corrected chi connectivity index (χ4v) is 3.07. The Kier molecular flexibility index (Phi) is 5.11. The van der Waals surface area contributed by atoms with Crippen LogP contribution in [0.2, 0.25) is 0 Å². The van der Waals surface area contributed by atoms with E-state index in [1.54, 1.807) is 12.4 Å². The highest BCUT2D eigenvalue weighted by molar-refractivity contribution is 9.08. The molecule has 0 aliphatic rings. The Bertz CT molecular complexity index is 793. The summed E-state index contributed by atoms with van der Waals surface area (Å²) < 4.78 is 8.20. The van der Waals surface area contributed by atoms with Gasteiger partial charge in [0.2, 0.25) is 12.7 Å². The number of benzene rings is 1. The summed E-state index contributed by atoms with van der Waals surface area (Å²) in [5.74, 6) is 0. The Morgan fingerprint density at radius 2 is 1.29 bits per heavy atom. The fourth-order valence-electron chi connectivity index (χ4n) is 2.75. The van der Waals surface area contributed by atoms with Gasteiger partial charge in [0.25, 0.3) is 0 Å². The van der Waals surface area contributed by atoms with Crippen LogP contribution in [0.3, 0.4) is 0 Å². The average Bonchev–Trinajstić information content (AvgIpc) is 3.23. The first-order chi connectivity index (χ1) is 11.7. The quantitative estimate of drug-likeness (QED) is 0.440. The van der Waals surface area contributed by atoms with Gasteiger partial charge in [0, 0.05) is 5.33 Å². The largest absolute Gasteiger partial charge is 0.248 e. The normalized spacial score (nSPS) is 10.7. The minimum absolute atomic E-state index is 0.840. The Labute approximate surface area is 150 Å². The molecule has 0 amide bonds. The van der Waals surface area contributed by atoms with Gasteiger partial charge >= 0.3 is 0 Å². The van der Waals surface area contributed by atoms with E-state index in [4.69, 9.17) is 0 Å². The summed E-state index contributed by atoms with van der Waals surface area (Å²) in [6.45, 7) is 9.24. The molecule has 3 aromatic rings. The zero-order valence-electron chi connectivity index (χ0n) is 13.6. The third-order valence-electron chi connectivity index (χ3n) is 3.84. The standard InChI is InChI=1S/C19H21BrN4/c1-3-21-5-7-23(15-21)13-18-9-17(12-20)10-19(11-18)14-24-8-6-22(4-2)16-24/h3-11,15-16H,1-2,12-14H2/q+2. The van der Waals surface area contributed by atoms with Crippen molar-refractivity contribution in [2.45, 2.75) is 18.4 Å². The molecule has 0 radical (unpaired) electrons. The SMILES string of the molecule is C=Cn1cc[n+](Cc2cc(CBr)cc(C[n+]3ccn(C=C)c3)c2)c1. The maximum absolute atomic E-state index is 3.78. The highest BCUT2D eigenvalue weighted by Crippen LogP contribution is 2.13. The van der Waals surface area contributed by atoms with Crippen LogP contribution in [0.5, 0.6) is 0 Å². The number of nitrogens with zero attached hydrogens (tertiary/aromatic N) is 4. The molecule has 0 bridgehead atoms. The van der Waals surface area contributed by atoms with Crippen LogP contribution in [-0.2, 0) is 18.4 Å². The van der Waals surface area contributed by atoms with Gasteiger partial charge in [-0.2, -0.15) is 0 Å². The molecule has 122 valence electrons. The van der Waals surface area contributed by atoms with Crippen LogP contribution in [0.15, 0.2) is 68.8 Å². The number of hydrogen-bond donors (Lipinski definition) is 0. The molecule has 4 nitrogen and oxygen atoms in total. The van der Waals surface area contributed by atoms with E-state index in [1.165, 1.54) is 16.7 Å². The number of imidazole rings is 2. The molecule has 5 heteroatoms. The third kappa shape index (κ3) is 3.92.